The first-order chi connectivity index (χ1) is 10.3. The van der Waals surface area contributed by atoms with Gasteiger partial charge in [-0.25, -0.2) is 4.68 Å². The molecule has 7 nitrogen and oxygen atoms in total. The molecule has 0 radical (unpaired) electrons. The van der Waals surface area contributed by atoms with Gasteiger partial charge in [-0.3, -0.25) is 9.48 Å². The number of amides is 1. The van der Waals surface area contributed by atoms with E-state index in [0.717, 1.165) is 6.54 Å². The Morgan fingerprint density at radius 2 is 2.33 bits per heavy atom. The van der Waals surface area contributed by atoms with E-state index in [-0.39, 0.29) is 5.91 Å². The van der Waals surface area contributed by atoms with Crippen LogP contribution >= 0.6 is 0 Å². The van der Waals surface area contributed by atoms with Crippen LogP contribution < -0.4 is 5.32 Å². The average molecular weight is 289 g/mol. The van der Waals surface area contributed by atoms with Crippen molar-refractivity contribution in [3.63, 3.8) is 0 Å². The molecule has 0 aromatic carbocycles. The van der Waals surface area contributed by atoms with Crippen molar-refractivity contribution in [2.75, 3.05) is 12.4 Å². The van der Waals surface area contributed by atoms with Gasteiger partial charge in [0.2, 0.25) is 0 Å². The summed E-state index contributed by atoms with van der Waals surface area (Å²) in [7, 11) is 1.60. The van der Waals surface area contributed by atoms with Crippen molar-refractivity contribution in [1.82, 2.24) is 19.6 Å². The molecule has 21 heavy (non-hydrogen) atoms. The van der Waals surface area contributed by atoms with Crippen LogP contribution in [0.3, 0.4) is 0 Å². The number of methoxy groups -OCH3 is 1. The Kier molecular flexibility index (Phi) is 4.01. The van der Waals surface area contributed by atoms with E-state index < -0.39 is 0 Å². The number of anilines is 1. The normalized spacial score (nSPS) is 14.9. The minimum absolute atomic E-state index is 0.163. The summed E-state index contributed by atoms with van der Waals surface area (Å²) in [4.78, 5) is 12.3. The topological polar surface area (TPSA) is 74.0 Å². The fraction of sp³-hybridized carbons (Fsp3) is 0.500. The van der Waals surface area contributed by atoms with Crippen LogP contribution in [0.4, 0.5) is 5.69 Å². The number of rotatable bonds is 6. The van der Waals surface area contributed by atoms with E-state index in [4.69, 9.17) is 4.74 Å². The Hall–Kier alpha value is -2.15. The maximum Gasteiger partial charge on any atom is 0.274 e. The van der Waals surface area contributed by atoms with Crippen LogP contribution in [0.25, 0.3) is 0 Å². The molecular formula is C14H19N5O2. The molecule has 3 rings (SSSR count). The fourth-order valence-electron chi connectivity index (χ4n) is 2.42. The molecule has 2 heterocycles. The lowest BCUT2D eigenvalue weighted by Crippen LogP contribution is -2.23. The number of hydrogen-bond donors (Lipinski definition) is 1. The summed E-state index contributed by atoms with van der Waals surface area (Å²) in [6.45, 7) is 1.17. The summed E-state index contributed by atoms with van der Waals surface area (Å²) >= 11 is 0. The number of hydrogen-bond acceptors (Lipinski definition) is 4. The van der Waals surface area contributed by atoms with Crippen molar-refractivity contribution in [2.45, 2.75) is 32.5 Å². The van der Waals surface area contributed by atoms with Crippen LogP contribution in [-0.2, 0) is 18.0 Å². The van der Waals surface area contributed by atoms with Gasteiger partial charge in [0.1, 0.15) is 12.4 Å². The SMILES string of the molecule is COCn1cc(NC(=O)c2ccnn2CC2CCC2)cn1. The van der Waals surface area contributed by atoms with Crippen LogP contribution in [0.15, 0.2) is 24.7 Å². The van der Waals surface area contributed by atoms with Gasteiger partial charge in [-0.05, 0) is 24.8 Å². The first kappa shape index (κ1) is 13.8. The summed E-state index contributed by atoms with van der Waals surface area (Å²) in [6.07, 6.45) is 8.74. The van der Waals surface area contributed by atoms with Gasteiger partial charge >= 0.3 is 0 Å². The summed E-state index contributed by atoms with van der Waals surface area (Å²) in [5, 5.41) is 11.2. The van der Waals surface area contributed by atoms with Crippen molar-refractivity contribution in [3.05, 3.63) is 30.4 Å². The second kappa shape index (κ2) is 6.09. The van der Waals surface area contributed by atoms with Gasteiger partial charge < -0.3 is 10.1 Å². The first-order valence-electron chi connectivity index (χ1n) is 7.11. The third-order valence-corrected chi connectivity index (χ3v) is 3.76. The van der Waals surface area contributed by atoms with E-state index in [1.54, 1.807) is 41.1 Å². The van der Waals surface area contributed by atoms with E-state index in [2.05, 4.69) is 15.5 Å². The van der Waals surface area contributed by atoms with E-state index in [1.807, 2.05) is 0 Å². The van der Waals surface area contributed by atoms with Gasteiger partial charge in [-0.15, -0.1) is 0 Å². The van der Waals surface area contributed by atoms with Crippen molar-refractivity contribution in [1.29, 1.82) is 0 Å². The van der Waals surface area contributed by atoms with Gasteiger partial charge in [0, 0.05) is 19.9 Å². The average Bonchev–Trinajstić information content (AvgIpc) is 3.03. The molecule has 0 unspecified atom stereocenters. The van der Waals surface area contributed by atoms with Crippen LogP contribution in [0.5, 0.6) is 0 Å². The molecule has 1 N–H and O–H groups in total. The quantitative estimate of drug-likeness (QED) is 0.879. The standard InChI is InChI=1S/C14H19N5O2/c1-21-10-18-9-12(7-16-18)17-14(20)13-5-6-15-19(13)8-11-3-2-4-11/h5-7,9,11H,2-4,8,10H2,1H3,(H,17,20). The van der Waals surface area contributed by atoms with Gasteiger partial charge in [0.25, 0.3) is 5.91 Å². The van der Waals surface area contributed by atoms with E-state index >= 15 is 0 Å². The zero-order valence-electron chi connectivity index (χ0n) is 12.0. The predicted octanol–water partition coefficient (Wildman–Crippen LogP) is 1.74. The highest BCUT2D eigenvalue weighted by atomic mass is 16.5. The number of nitrogens with one attached hydrogen (secondary N) is 1. The molecule has 1 amide bonds. The Bertz CT molecular complexity index is 614. The fourth-order valence-corrected chi connectivity index (χ4v) is 2.42. The molecule has 1 aliphatic carbocycles. The van der Waals surface area contributed by atoms with Crippen LogP contribution in [0, 0.1) is 5.92 Å². The lowest BCUT2D eigenvalue weighted by atomic mass is 9.85. The monoisotopic (exact) mass is 289 g/mol. The summed E-state index contributed by atoms with van der Waals surface area (Å²) in [5.41, 5.74) is 1.23. The molecule has 2 aromatic rings. The summed E-state index contributed by atoms with van der Waals surface area (Å²) in [5.74, 6) is 0.490. The van der Waals surface area contributed by atoms with E-state index in [1.165, 1.54) is 19.3 Å². The Labute approximate surface area is 122 Å². The molecule has 0 bridgehead atoms. The van der Waals surface area contributed by atoms with Gasteiger partial charge in [0.15, 0.2) is 0 Å². The van der Waals surface area contributed by atoms with E-state index in [9.17, 15) is 4.79 Å². The summed E-state index contributed by atoms with van der Waals surface area (Å²) in [6, 6.07) is 1.74. The molecule has 2 aromatic heterocycles. The molecule has 1 aliphatic rings. The maximum absolute atomic E-state index is 12.3. The highest BCUT2D eigenvalue weighted by molar-refractivity contribution is 6.02. The van der Waals surface area contributed by atoms with Crippen LogP contribution in [0.2, 0.25) is 0 Å². The highest BCUT2D eigenvalue weighted by Crippen LogP contribution is 2.28. The second-order valence-electron chi connectivity index (χ2n) is 5.34. The largest absolute Gasteiger partial charge is 0.362 e. The highest BCUT2D eigenvalue weighted by Gasteiger charge is 2.21. The molecule has 112 valence electrons. The first-order valence-corrected chi connectivity index (χ1v) is 7.11. The number of carbonyl (C=O) groups is 1. The lowest BCUT2D eigenvalue weighted by molar-refractivity contribution is 0.101. The molecule has 0 aliphatic heterocycles. The lowest BCUT2D eigenvalue weighted by Gasteiger charge is -2.25. The van der Waals surface area contributed by atoms with Gasteiger partial charge in [-0.2, -0.15) is 10.2 Å². The van der Waals surface area contributed by atoms with Crippen molar-refractivity contribution >= 4 is 11.6 Å². The zero-order chi connectivity index (χ0) is 14.7. The Morgan fingerprint density at radius 1 is 1.48 bits per heavy atom. The maximum atomic E-state index is 12.3. The molecule has 0 saturated heterocycles. The molecule has 0 atom stereocenters. The molecular weight excluding hydrogens is 270 g/mol. The number of nitrogens with zero attached hydrogens (tertiary/aromatic N) is 4. The molecule has 7 heteroatoms. The molecule has 0 spiro atoms. The predicted molar refractivity (Wildman–Crippen MR) is 76.8 cm³/mol. The zero-order valence-corrected chi connectivity index (χ0v) is 12.0. The number of aromatic nitrogens is 4. The van der Waals surface area contributed by atoms with Gasteiger partial charge in [0.05, 0.1) is 18.1 Å². The summed E-state index contributed by atoms with van der Waals surface area (Å²) < 4.78 is 8.38. The number of ether oxygens (including phenoxy) is 1. The van der Waals surface area contributed by atoms with Crippen LogP contribution in [-0.4, -0.2) is 32.6 Å². The molecule has 1 fully saturated rings. The molecule has 1 saturated carbocycles. The van der Waals surface area contributed by atoms with E-state index in [0.29, 0.717) is 24.0 Å². The minimum atomic E-state index is -0.163. The third kappa shape index (κ3) is 3.13. The van der Waals surface area contributed by atoms with Crippen molar-refractivity contribution in [2.24, 2.45) is 5.92 Å². The van der Waals surface area contributed by atoms with Gasteiger partial charge in [-0.1, -0.05) is 6.42 Å². The Balaban J connectivity index is 1.65. The smallest absolute Gasteiger partial charge is 0.274 e. The van der Waals surface area contributed by atoms with Crippen LogP contribution in [0.1, 0.15) is 29.8 Å². The minimum Gasteiger partial charge on any atom is -0.362 e. The second-order valence-corrected chi connectivity index (χ2v) is 5.34. The van der Waals surface area contributed by atoms with Crippen molar-refractivity contribution < 1.29 is 9.53 Å². The number of carbonyl (C=O) groups excluding carboxylic acids is 1. The Morgan fingerprint density at radius 3 is 3.05 bits per heavy atom. The van der Waals surface area contributed by atoms with Crippen molar-refractivity contribution in [3.8, 4) is 0 Å². The third-order valence-electron chi connectivity index (χ3n) is 3.76.